The van der Waals surface area contributed by atoms with E-state index in [9.17, 15) is 8.78 Å². The van der Waals surface area contributed by atoms with Crippen LogP contribution >= 0.6 is 0 Å². The fraction of sp³-hybridized carbons (Fsp3) is 0.500. The third kappa shape index (κ3) is 2.47. The quantitative estimate of drug-likeness (QED) is 0.654. The molecule has 13 heavy (non-hydrogen) atoms. The van der Waals surface area contributed by atoms with E-state index in [1.807, 2.05) is 20.8 Å². The van der Waals surface area contributed by atoms with Crippen molar-refractivity contribution < 1.29 is 8.78 Å². The molecule has 0 radical (unpaired) electrons. The van der Waals surface area contributed by atoms with Crippen LogP contribution in [0.25, 0.3) is 0 Å². The monoisotopic (exact) mass is 185 g/mol. The minimum absolute atomic E-state index is 0.146. The van der Waals surface area contributed by atoms with E-state index in [0.717, 1.165) is 0 Å². The van der Waals surface area contributed by atoms with E-state index in [0.29, 0.717) is 5.69 Å². The standard InChI is InChI=1S/C10H13F2N/c1-10(2,3)8-6-4-5-7(13-8)9(11)12/h4-6,9H,1-3H3. The van der Waals surface area contributed by atoms with Crippen LogP contribution in [-0.4, -0.2) is 4.98 Å². The highest BCUT2D eigenvalue weighted by atomic mass is 19.3. The van der Waals surface area contributed by atoms with Gasteiger partial charge in [0.25, 0.3) is 6.43 Å². The second kappa shape index (κ2) is 3.40. The molecule has 0 atom stereocenters. The van der Waals surface area contributed by atoms with Gasteiger partial charge in [0.1, 0.15) is 5.69 Å². The van der Waals surface area contributed by atoms with Crippen LogP contribution in [0.3, 0.4) is 0 Å². The van der Waals surface area contributed by atoms with Gasteiger partial charge in [0.05, 0.1) is 0 Å². The number of nitrogens with zero attached hydrogens (tertiary/aromatic N) is 1. The third-order valence-corrected chi connectivity index (χ3v) is 1.76. The van der Waals surface area contributed by atoms with Crippen LogP contribution in [0.2, 0.25) is 0 Å². The van der Waals surface area contributed by atoms with Crippen LogP contribution in [0.15, 0.2) is 18.2 Å². The fourth-order valence-corrected chi connectivity index (χ4v) is 0.991. The summed E-state index contributed by atoms with van der Waals surface area (Å²) in [4.78, 5) is 3.89. The number of alkyl halides is 2. The zero-order valence-electron chi connectivity index (χ0n) is 8.01. The summed E-state index contributed by atoms with van der Waals surface area (Å²) in [6, 6.07) is 4.74. The zero-order valence-corrected chi connectivity index (χ0v) is 8.01. The van der Waals surface area contributed by atoms with Crippen molar-refractivity contribution in [3.63, 3.8) is 0 Å². The molecule has 1 nitrogen and oxygen atoms in total. The Hall–Kier alpha value is -0.990. The molecule has 0 saturated heterocycles. The molecule has 0 aromatic carbocycles. The molecule has 0 fully saturated rings. The first-order valence-electron chi connectivity index (χ1n) is 4.17. The minimum atomic E-state index is -2.48. The highest BCUT2D eigenvalue weighted by molar-refractivity contribution is 5.17. The van der Waals surface area contributed by atoms with Gasteiger partial charge in [-0.2, -0.15) is 0 Å². The van der Waals surface area contributed by atoms with E-state index in [1.165, 1.54) is 6.07 Å². The Bertz CT molecular complexity index is 289. The summed E-state index contributed by atoms with van der Waals surface area (Å²) in [6.07, 6.45) is -2.48. The van der Waals surface area contributed by atoms with Crippen molar-refractivity contribution in [3.8, 4) is 0 Å². The second-order valence-corrected chi connectivity index (χ2v) is 4.00. The Morgan fingerprint density at radius 3 is 2.31 bits per heavy atom. The summed E-state index contributed by atoms with van der Waals surface area (Å²) in [5, 5.41) is 0. The first-order valence-corrected chi connectivity index (χ1v) is 4.17. The number of hydrogen-bond donors (Lipinski definition) is 0. The highest BCUT2D eigenvalue weighted by Gasteiger charge is 2.17. The summed E-state index contributed by atoms with van der Waals surface area (Å²) < 4.78 is 24.5. The molecule has 72 valence electrons. The number of aromatic nitrogens is 1. The van der Waals surface area contributed by atoms with E-state index in [4.69, 9.17) is 0 Å². The van der Waals surface area contributed by atoms with Gasteiger partial charge in [-0.1, -0.05) is 26.8 Å². The van der Waals surface area contributed by atoms with Gasteiger partial charge in [-0.15, -0.1) is 0 Å². The van der Waals surface area contributed by atoms with E-state index in [-0.39, 0.29) is 11.1 Å². The Balaban J connectivity index is 3.06. The van der Waals surface area contributed by atoms with Crippen molar-refractivity contribution in [2.75, 3.05) is 0 Å². The number of halogens is 2. The highest BCUT2D eigenvalue weighted by Crippen LogP contribution is 2.23. The maximum atomic E-state index is 12.3. The second-order valence-electron chi connectivity index (χ2n) is 4.00. The maximum absolute atomic E-state index is 12.3. The number of pyridine rings is 1. The summed E-state index contributed by atoms with van der Waals surface area (Å²) >= 11 is 0. The number of hydrogen-bond acceptors (Lipinski definition) is 1. The van der Waals surface area contributed by atoms with Crippen LogP contribution in [0.4, 0.5) is 8.78 Å². The summed E-state index contributed by atoms with van der Waals surface area (Å²) in [5.41, 5.74) is 0.378. The number of rotatable bonds is 1. The summed E-state index contributed by atoms with van der Waals surface area (Å²) in [7, 11) is 0. The lowest BCUT2D eigenvalue weighted by Gasteiger charge is -2.17. The molecule has 0 aliphatic carbocycles. The predicted molar refractivity (Wildman–Crippen MR) is 47.9 cm³/mol. The van der Waals surface area contributed by atoms with Crippen molar-refractivity contribution in [3.05, 3.63) is 29.6 Å². The van der Waals surface area contributed by atoms with Crippen molar-refractivity contribution >= 4 is 0 Å². The first kappa shape index (κ1) is 10.1. The van der Waals surface area contributed by atoms with Crippen LogP contribution in [0.5, 0.6) is 0 Å². The smallest absolute Gasteiger partial charge is 0.251 e. The Morgan fingerprint density at radius 2 is 1.85 bits per heavy atom. The predicted octanol–water partition coefficient (Wildman–Crippen LogP) is 3.32. The molecule has 0 amide bonds. The lowest BCUT2D eigenvalue weighted by atomic mass is 9.91. The maximum Gasteiger partial charge on any atom is 0.280 e. The minimum Gasteiger partial charge on any atom is -0.251 e. The van der Waals surface area contributed by atoms with Gasteiger partial charge in [0, 0.05) is 11.1 Å². The van der Waals surface area contributed by atoms with E-state index >= 15 is 0 Å². The van der Waals surface area contributed by atoms with Crippen LogP contribution in [0, 0.1) is 0 Å². The zero-order chi connectivity index (χ0) is 10.1. The van der Waals surface area contributed by atoms with Gasteiger partial charge in [-0.25, -0.2) is 8.78 Å². The molecule has 1 aromatic rings. The topological polar surface area (TPSA) is 12.9 Å². The van der Waals surface area contributed by atoms with E-state index < -0.39 is 6.43 Å². The van der Waals surface area contributed by atoms with E-state index in [2.05, 4.69) is 4.98 Å². The summed E-state index contributed by atoms with van der Waals surface area (Å²) in [5.74, 6) is 0. The molecule has 3 heteroatoms. The molecular formula is C10H13F2N. The van der Waals surface area contributed by atoms with Gasteiger partial charge < -0.3 is 0 Å². The van der Waals surface area contributed by atoms with Crippen molar-refractivity contribution in [1.82, 2.24) is 4.98 Å². The fourth-order valence-electron chi connectivity index (χ4n) is 0.991. The van der Waals surface area contributed by atoms with Crippen LogP contribution in [0.1, 0.15) is 38.6 Å². The third-order valence-electron chi connectivity index (χ3n) is 1.76. The van der Waals surface area contributed by atoms with E-state index in [1.54, 1.807) is 12.1 Å². The largest absolute Gasteiger partial charge is 0.280 e. The molecule has 0 unspecified atom stereocenters. The Labute approximate surface area is 76.8 Å². The molecule has 1 aromatic heterocycles. The normalized spacial score (nSPS) is 12.2. The molecule has 0 aliphatic heterocycles. The first-order chi connectivity index (χ1) is 5.91. The van der Waals surface area contributed by atoms with Gasteiger partial charge in [-0.05, 0) is 12.1 Å². The Morgan fingerprint density at radius 1 is 1.23 bits per heavy atom. The van der Waals surface area contributed by atoms with Crippen LogP contribution in [-0.2, 0) is 5.41 Å². The molecule has 0 saturated carbocycles. The average molecular weight is 185 g/mol. The lowest BCUT2D eigenvalue weighted by Crippen LogP contribution is -2.14. The molecule has 0 bridgehead atoms. The summed E-state index contributed by atoms with van der Waals surface area (Å²) in [6.45, 7) is 5.85. The van der Waals surface area contributed by atoms with Gasteiger partial charge in [0.15, 0.2) is 0 Å². The lowest BCUT2D eigenvalue weighted by molar-refractivity contribution is 0.145. The molecule has 1 heterocycles. The molecule has 1 rings (SSSR count). The van der Waals surface area contributed by atoms with Gasteiger partial charge in [-0.3, -0.25) is 4.98 Å². The van der Waals surface area contributed by atoms with Gasteiger partial charge in [0.2, 0.25) is 0 Å². The molecule has 0 aliphatic rings. The SMILES string of the molecule is CC(C)(C)c1cccc(C(F)F)n1. The molecule has 0 spiro atoms. The van der Waals surface area contributed by atoms with Gasteiger partial charge >= 0.3 is 0 Å². The molecule has 0 N–H and O–H groups in total. The van der Waals surface area contributed by atoms with Crippen molar-refractivity contribution in [2.45, 2.75) is 32.6 Å². The Kier molecular flexibility index (Phi) is 2.64. The van der Waals surface area contributed by atoms with Crippen molar-refractivity contribution in [1.29, 1.82) is 0 Å². The average Bonchev–Trinajstić information content (AvgIpc) is 2.03. The molecular weight excluding hydrogens is 172 g/mol. The van der Waals surface area contributed by atoms with Crippen LogP contribution < -0.4 is 0 Å². The van der Waals surface area contributed by atoms with Crippen molar-refractivity contribution in [2.24, 2.45) is 0 Å².